The molecule has 5 heteroatoms. The predicted molar refractivity (Wildman–Crippen MR) is 82.7 cm³/mol. The van der Waals surface area contributed by atoms with Crippen molar-refractivity contribution >= 4 is 39.1 Å². The van der Waals surface area contributed by atoms with Crippen LogP contribution in [-0.2, 0) is 4.79 Å². The maximum atomic E-state index is 12.1. The monoisotopic (exact) mass is 344 g/mol. The molecule has 1 saturated heterocycles. The number of likely N-dealkylation sites (tertiary alicyclic amines) is 1. The molecular formula is C14H18BrClN2O. The zero-order valence-corrected chi connectivity index (χ0v) is 13.1. The maximum absolute atomic E-state index is 12.1. The van der Waals surface area contributed by atoms with Gasteiger partial charge in [0.1, 0.15) is 0 Å². The molecule has 19 heavy (non-hydrogen) atoms. The van der Waals surface area contributed by atoms with Gasteiger partial charge in [-0.3, -0.25) is 4.79 Å². The van der Waals surface area contributed by atoms with E-state index in [1.54, 1.807) is 0 Å². The Labute approximate surface area is 127 Å². The molecule has 0 spiro atoms. The number of carbonyl (C=O) groups is 1. The van der Waals surface area contributed by atoms with Crippen LogP contribution in [0, 0.1) is 0 Å². The van der Waals surface area contributed by atoms with Crippen LogP contribution in [0.5, 0.6) is 0 Å². The third-order valence-corrected chi connectivity index (χ3v) is 4.21. The Kier molecular flexibility index (Phi) is 5.52. The van der Waals surface area contributed by atoms with Gasteiger partial charge in [-0.25, -0.2) is 0 Å². The molecule has 1 aromatic rings. The van der Waals surface area contributed by atoms with Gasteiger partial charge in [-0.15, -0.1) is 0 Å². The molecule has 0 unspecified atom stereocenters. The number of hydrogen-bond acceptors (Lipinski definition) is 2. The highest BCUT2D eigenvalue weighted by Crippen LogP contribution is 2.25. The lowest BCUT2D eigenvalue weighted by atomic mass is 10.2. The van der Waals surface area contributed by atoms with Crippen molar-refractivity contribution in [2.75, 3.05) is 25.0 Å². The zero-order chi connectivity index (χ0) is 13.7. The van der Waals surface area contributed by atoms with Crippen molar-refractivity contribution < 1.29 is 4.79 Å². The lowest BCUT2D eigenvalue weighted by Crippen LogP contribution is -2.36. The standard InChI is InChI=1S/C14H18BrClN2O/c15-12-9-11(16)5-6-13(12)17-10-14(19)18-7-3-1-2-4-8-18/h5-6,9,17H,1-4,7-8,10H2. The highest BCUT2D eigenvalue weighted by Gasteiger charge is 2.15. The van der Waals surface area contributed by atoms with Crippen LogP contribution < -0.4 is 5.32 Å². The van der Waals surface area contributed by atoms with Crippen LogP contribution in [0.1, 0.15) is 25.7 Å². The van der Waals surface area contributed by atoms with Crippen molar-refractivity contribution in [1.29, 1.82) is 0 Å². The van der Waals surface area contributed by atoms with E-state index in [0.717, 1.165) is 36.1 Å². The number of rotatable bonds is 3. The Hall–Kier alpha value is -0.740. The van der Waals surface area contributed by atoms with Gasteiger partial charge in [0.25, 0.3) is 0 Å². The summed E-state index contributed by atoms with van der Waals surface area (Å²) in [6.07, 6.45) is 4.71. The van der Waals surface area contributed by atoms with Gasteiger partial charge >= 0.3 is 0 Å². The smallest absolute Gasteiger partial charge is 0.241 e. The topological polar surface area (TPSA) is 32.3 Å². The second-order valence-electron chi connectivity index (χ2n) is 4.77. The van der Waals surface area contributed by atoms with E-state index in [2.05, 4.69) is 21.2 Å². The van der Waals surface area contributed by atoms with E-state index in [-0.39, 0.29) is 5.91 Å². The fourth-order valence-electron chi connectivity index (χ4n) is 2.24. The number of nitrogens with zero attached hydrogens (tertiary/aromatic N) is 1. The predicted octanol–water partition coefficient (Wildman–Crippen LogP) is 3.92. The van der Waals surface area contributed by atoms with E-state index < -0.39 is 0 Å². The fourth-order valence-corrected chi connectivity index (χ4v) is 3.06. The normalized spacial score (nSPS) is 16.0. The minimum Gasteiger partial charge on any atom is -0.375 e. The molecule has 0 saturated carbocycles. The maximum Gasteiger partial charge on any atom is 0.241 e. The summed E-state index contributed by atoms with van der Waals surface area (Å²) in [5, 5.41) is 3.84. The van der Waals surface area contributed by atoms with E-state index >= 15 is 0 Å². The number of halogens is 2. The number of nitrogens with one attached hydrogen (secondary N) is 1. The van der Waals surface area contributed by atoms with Crippen molar-refractivity contribution in [3.05, 3.63) is 27.7 Å². The highest BCUT2D eigenvalue weighted by molar-refractivity contribution is 9.10. The molecule has 104 valence electrons. The minimum absolute atomic E-state index is 0.170. The van der Waals surface area contributed by atoms with Gasteiger partial charge in [0.15, 0.2) is 0 Å². The number of anilines is 1. The van der Waals surface area contributed by atoms with Gasteiger partial charge in [0.05, 0.1) is 6.54 Å². The summed E-state index contributed by atoms with van der Waals surface area (Å²) in [5.41, 5.74) is 0.896. The van der Waals surface area contributed by atoms with Crippen LogP contribution in [0.3, 0.4) is 0 Å². The molecule has 1 aliphatic rings. The quantitative estimate of drug-likeness (QED) is 0.900. The summed E-state index contributed by atoms with van der Waals surface area (Å²) < 4.78 is 0.878. The summed E-state index contributed by atoms with van der Waals surface area (Å²) in [6.45, 7) is 2.12. The molecule has 0 radical (unpaired) electrons. The van der Waals surface area contributed by atoms with Gasteiger partial charge in [0.2, 0.25) is 5.91 Å². The summed E-state index contributed by atoms with van der Waals surface area (Å²) >= 11 is 9.32. The molecule has 0 atom stereocenters. The molecule has 0 aromatic heterocycles. The van der Waals surface area contributed by atoms with Crippen LogP contribution in [0.25, 0.3) is 0 Å². The van der Waals surface area contributed by atoms with Crippen molar-refractivity contribution in [2.45, 2.75) is 25.7 Å². The first-order chi connectivity index (χ1) is 9.16. The van der Waals surface area contributed by atoms with Crippen LogP contribution in [0.15, 0.2) is 22.7 Å². The Morgan fingerprint density at radius 1 is 1.26 bits per heavy atom. The average Bonchev–Trinajstić information content (AvgIpc) is 2.66. The van der Waals surface area contributed by atoms with Crippen molar-refractivity contribution in [3.63, 3.8) is 0 Å². The van der Waals surface area contributed by atoms with Gasteiger partial charge in [-0.05, 0) is 47.0 Å². The van der Waals surface area contributed by atoms with E-state index in [1.165, 1.54) is 12.8 Å². The number of carbonyl (C=O) groups excluding carboxylic acids is 1. The molecule has 1 N–H and O–H groups in total. The Morgan fingerprint density at radius 3 is 2.58 bits per heavy atom. The first kappa shape index (κ1) is 14.7. The molecule has 1 amide bonds. The largest absolute Gasteiger partial charge is 0.375 e. The molecule has 2 rings (SSSR count). The highest BCUT2D eigenvalue weighted by atomic mass is 79.9. The van der Waals surface area contributed by atoms with Crippen LogP contribution in [0.2, 0.25) is 5.02 Å². The van der Waals surface area contributed by atoms with Crippen LogP contribution >= 0.6 is 27.5 Å². The first-order valence-corrected chi connectivity index (χ1v) is 7.80. The first-order valence-electron chi connectivity index (χ1n) is 6.63. The Balaban J connectivity index is 1.88. The lowest BCUT2D eigenvalue weighted by molar-refractivity contribution is -0.129. The van der Waals surface area contributed by atoms with Crippen molar-refractivity contribution in [2.24, 2.45) is 0 Å². The van der Waals surface area contributed by atoms with Gasteiger partial charge in [-0.1, -0.05) is 24.4 Å². The third kappa shape index (κ3) is 4.39. The Morgan fingerprint density at radius 2 is 1.95 bits per heavy atom. The number of hydrogen-bond donors (Lipinski definition) is 1. The van der Waals surface area contributed by atoms with E-state index in [0.29, 0.717) is 11.6 Å². The second kappa shape index (κ2) is 7.15. The van der Waals surface area contributed by atoms with E-state index in [4.69, 9.17) is 11.6 Å². The van der Waals surface area contributed by atoms with Crippen LogP contribution in [0.4, 0.5) is 5.69 Å². The van der Waals surface area contributed by atoms with Crippen LogP contribution in [-0.4, -0.2) is 30.4 Å². The average molecular weight is 346 g/mol. The zero-order valence-electron chi connectivity index (χ0n) is 10.8. The summed E-state index contributed by atoms with van der Waals surface area (Å²) in [6, 6.07) is 5.51. The van der Waals surface area contributed by atoms with Crippen molar-refractivity contribution in [3.8, 4) is 0 Å². The fraction of sp³-hybridized carbons (Fsp3) is 0.500. The summed E-state index contributed by atoms with van der Waals surface area (Å²) in [4.78, 5) is 14.1. The molecule has 1 fully saturated rings. The number of benzene rings is 1. The number of amides is 1. The van der Waals surface area contributed by atoms with E-state index in [9.17, 15) is 4.79 Å². The van der Waals surface area contributed by atoms with Gasteiger partial charge < -0.3 is 10.2 Å². The molecule has 0 aliphatic carbocycles. The molecule has 1 aromatic carbocycles. The molecule has 1 heterocycles. The van der Waals surface area contributed by atoms with Crippen molar-refractivity contribution in [1.82, 2.24) is 4.90 Å². The molecule has 1 aliphatic heterocycles. The second-order valence-corrected chi connectivity index (χ2v) is 6.06. The molecular weight excluding hydrogens is 328 g/mol. The molecule has 0 bridgehead atoms. The minimum atomic E-state index is 0.170. The van der Waals surface area contributed by atoms with Gasteiger partial charge in [-0.2, -0.15) is 0 Å². The van der Waals surface area contributed by atoms with E-state index in [1.807, 2.05) is 23.1 Å². The summed E-state index contributed by atoms with van der Waals surface area (Å²) in [7, 11) is 0. The SMILES string of the molecule is O=C(CNc1ccc(Cl)cc1Br)N1CCCCCC1. The van der Waals surface area contributed by atoms with Gasteiger partial charge in [0, 0.05) is 28.3 Å². The lowest BCUT2D eigenvalue weighted by Gasteiger charge is -2.21. The third-order valence-electron chi connectivity index (χ3n) is 3.32. The summed E-state index contributed by atoms with van der Waals surface area (Å²) in [5.74, 6) is 0.170. The Bertz CT molecular complexity index is 445. The molecule has 3 nitrogen and oxygen atoms in total.